The van der Waals surface area contributed by atoms with Crippen molar-refractivity contribution in [1.82, 2.24) is 14.8 Å². The van der Waals surface area contributed by atoms with E-state index in [9.17, 15) is 18.0 Å². The number of pyridine rings is 1. The largest absolute Gasteiger partial charge is 0.466 e. The number of aromatic nitrogens is 3. The first-order valence-corrected chi connectivity index (χ1v) is 8.53. The molecule has 0 fully saturated rings. The Labute approximate surface area is 158 Å². The Balaban J connectivity index is 2.15. The van der Waals surface area contributed by atoms with E-state index in [0.717, 1.165) is 11.6 Å². The van der Waals surface area contributed by atoms with E-state index < -0.39 is 24.3 Å². The number of esters is 1. The fourth-order valence-corrected chi connectivity index (χ4v) is 2.76. The van der Waals surface area contributed by atoms with Gasteiger partial charge in [-0.2, -0.15) is 23.3 Å². The zero-order chi connectivity index (χ0) is 20.5. The van der Waals surface area contributed by atoms with E-state index in [4.69, 9.17) is 9.47 Å². The van der Waals surface area contributed by atoms with Crippen molar-refractivity contribution in [2.75, 3.05) is 13.2 Å². The van der Waals surface area contributed by atoms with Crippen LogP contribution in [0.1, 0.15) is 23.7 Å². The van der Waals surface area contributed by atoms with E-state index >= 15 is 0 Å². The molecule has 0 aliphatic carbocycles. The number of hydrogen-bond donors (Lipinski definition) is 0. The van der Waals surface area contributed by atoms with Gasteiger partial charge in [0.05, 0.1) is 28.9 Å². The zero-order valence-electron chi connectivity index (χ0n) is 15.5. The number of carbonyl (C=O) groups is 1. The molecule has 0 aliphatic rings. The van der Waals surface area contributed by atoms with Gasteiger partial charge in [-0.15, -0.1) is 0 Å². The number of fused-ring (bicyclic) bond motifs is 1. The molecule has 0 unspecified atom stereocenters. The van der Waals surface area contributed by atoms with Crippen LogP contribution in [0.4, 0.5) is 13.2 Å². The summed E-state index contributed by atoms with van der Waals surface area (Å²) in [6.07, 6.45) is -4.64. The van der Waals surface area contributed by atoms with E-state index in [1.54, 1.807) is 19.1 Å². The van der Waals surface area contributed by atoms with Crippen LogP contribution in [0.2, 0.25) is 0 Å². The summed E-state index contributed by atoms with van der Waals surface area (Å²) < 4.78 is 52.2. The summed E-state index contributed by atoms with van der Waals surface area (Å²) in [6.45, 7) is 4.61. The van der Waals surface area contributed by atoms with Crippen LogP contribution >= 0.6 is 0 Å². The van der Waals surface area contributed by atoms with Gasteiger partial charge >= 0.3 is 12.1 Å². The quantitative estimate of drug-likeness (QED) is 0.613. The maximum atomic E-state index is 13.7. The van der Waals surface area contributed by atoms with Gasteiger partial charge in [0.1, 0.15) is 0 Å². The predicted octanol–water partition coefficient (Wildman–Crippen LogP) is 4.00. The Morgan fingerprint density at radius 3 is 2.46 bits per heavy atom. The van der Waals surface area contributed by atoms with Gasteiger partial charge in [-0.1, -0.05) is 17.7 Å². The van der Waals surface area contributed by atoms with Gasteiger partial charge in [-0.05, 0) is 32.9 Å². The second-order valence-electron chi connectivity index (χ2n) is 6.13. The van der Waals surface area contributed by atoms with Gasteiger partial charge in [0, 0.05) is 6.07 Å². The second-order valence-corrected chi connectivity index (χ2v) is 6.13. The van der Waals surface area contributed by atoms with Gasteiger partial charge in [0.15, 0.2) is 12.3 Å². The van der Waals surface area contributed by atoms with Crippen molar-refractivity contribution in [2.45, 2.75) is 26.9 Å². The molecule has 2 aromatic heterocycles. The van der Waals surface area contributed by atoms with Gasteiger partial charge in [-0.3, -0.25) is 0 Å². The molecule has 0 aliphatic heterocycles. The van der Waals surface area contributed by atoms with Crippen molar-refractivity contribution in [3.8, 4) is 11.6 Å². The molecule has 28 heavy (non-hydrogen) atoms. The van der Waals surface area contributed by atoms with Crippen molar-refractivity contribution in [2.24, 2.45) is 0 Å². The fraction of sp³-hybridized carbons (Fsp3) is 0.316. The highest BCUT2D eigenvalue weighted by Crippen LogP contribution is 2.38. The number of aryl methyl sites for hydroxylation is 2. The highest BCUT2D eigenvalue weighted by molar-refractivity contribution is 5.85. The van der Waals surface area contributed by atoms with E-state index in [2.05, 4.69) is 10.1 Å². The predicted molar refractivity (Wildman–Crippen MR) is 95.5 cm³/mol. The SMILES string of the molecule is CCOC(=O)COc1cc(C(F)(F)F)c2c(C)nn(-c3ccc(C)cc3)c2n1. The molecule has 0 bridgehead atoms. The maximum Gasteiger partial charge on any atom is 0.417 e. The number of alkyl halides is 3. The molecule has 0 amide bonds. The summed E-state index contributed by atoms with van der Waals surface area (Å²) in [6, 6.07) is 7.90. The molecule has 0 radical (unpaired) electrons. The summed E-state index contributed by atoms with van der Waals surface area (Å²) in [5, 5.41) is 4.12. The third-order valence-electron chi connectivity index (χ3n) is 4.02. The van der Waals surface area contributed by atoms with Crippen molar-refractivity contribution in [3.63, 3.8) is 0 Å². The number of carbonyl (C=O) groups excluding carboxylic acids is 1. The first kappa shape index (κ1) is 19.7. The smallest absolute Gasteiger partial charge is 0.417 e. The molecular formula is C19H18F3N3O3. The minimum atomic E-state index is -4.64. The number of halogens is 3. The van der Waals surface area contributed by atoms with Crippen LogP contribution < -0.4 is 4.74 Å². The Morgan fingerprint density at radius 1 is 1.18 bits per heavy atom. The number of benzene rings is 1. The zero-order valence-corrected chi connectivity index (χ0v) is 15.5. The summed E-state index contributed by atoms with van der Waals surface area (Å²) >= 11 is 0. The van der Waals surface area contributed by atoms with E-state index in [1.165, 1.54) is 11.6 Å². The third-order valence-corrected chi connectivity index (χ3v) is 4.02. The minimum Gasteiger partial charge on any atom is -0.466 e. The Hall–Kier alpha value is -3.10. The van der Waals surface area contributed by atoms with Crippen LogP contribution in [0.5, 0.6) is 5.88 Å². The van der Waals surface area contributed by atoms with Crippen LogP contribution in [0.15, 0.2) is 30.3 Å². The molecule has 0 spiro atoms. The topological polar surface area (TPSA) is 66.2 Å². The van der Waals surface area contributed by atoms with Gasteiger partial charge < -0.3 is 9.47 Å². The number of nitrogens with zero attached hydrogens (tertiary/aromatic N) is 3. The number of ether oxygens (including phenoxy) is 2. The molecule has 9 heteroatoms. The van der Waals surface area contributed by atoms with Crippen LogP contribution in [-0.2, 0) is 15.7 Å². The number of rotatable bonds is 5. The van der Waals surface area contributed by atoms with Crippen molar-refractivity contribution < 1.29 is 27.4 Å². The Kier molecular flexibility index (Phi) is 5.26. The average molecular weight is 393 g/mol. The lowest BCUT2D eigenvalue weighted by Gasteiger charge is -2.12. The van der Waals surface area contributed by atoms with Crippen molar-refractivity contribution in [1.29, 1.82) is 0 Å². The lowest BCUT2D eigenvalue weighted by atomic mass is 10.1. The lowest BCUT2D eigenvalue weighted by molar-refractivity contribution is -0.145. The first-order valence-electron chi connectivity index (χ1n) is 8.53. The maximum absolute atomic E-state index is 13.7. The molecule has 3 rings (SSSR count). The van der Waals surface area contributed by atoms with Crippen LogP contribution in [0.3, 0.4) is 0 Å². The van der Waals surface area contributed by atoms with Gasteiger partial charge in [-0.25, -0.2) is 9.48 Å². The van der Waals surface area contributed by atoms with Crippen LogP contribution in [0.25, 0.3) is 16.7 Å². The minimum absolute atomic E-state index is 0.00460. The average Bonchev–Trinajstić information content (AvgIpc) is 2.96. The molecule has 3 aromatic rings. The first-order chi connectivity index (χ1) is 13.2. The van der Waals surface area contributed by atoms with Gasteiger partial charge in [0.25, 0.3) is 0 Å². The monoisotopic (exact) mass is 393 g/mol. The lowest BCUT2D eigenvalue weighted by Crippen LogP contribution is -2.16. The van der Waals surface area contributed by atoms with Crippen molar-refractivity contribution >= 4 is 17.0 Å². The molecule has 0 N–H and O–H groups in total. The summed E-state index contributed by atoms with van der Waals surface area (Å²) in [5.41, 5.74) is 0.820. The highest BCUT2D eigenvalue weighted by Gasteiger charge is 2.36. The summed E-state index contributed by atoms with van der Waals surface area (Å²) in [5.74, 6) is -1.03. The molecule has 2 heterocycles. The van der Waals surface area contributed by atoms with E-state index in [1.807, 2.05) is 19.1 Å². The number of hydrogen-bond acceptors (Lipinski definition) is 5. The molecule has 1 aromatic carbocycles. The molecule has 0 atom stereocenters. The van der Waals surface area contributed by atoms with Crippen molar-refractivity contribution in [3.05, 3.63) is 47.2 Å². The van der Waals surface area contributed by atoms with Crippen LogP contribution in [0, 0.1) is 13.8 Å². The normalized spacial score (nSPS) is 11.6. The van der Waals surface area contributed by atoms with E-state index in [-0.39, 0.29) is 29.2 Å². The van der Waals surface area contributed by atoms with E-state index in [0.29, 0.717) is 5.69 Å². The second kappa shape index (κ2) is 7.49. The Bertz CT molecular complexity index is 1010. The molecule has 0 saturated heterocycles. The summed E-state index contributed by atoms with van der Waals surface area (Å²) in [4.78, 5) is 15.6. The molecule has 6 nitrogen and oxygen atoms in total. The van der Waals surface area contributed by atoms with Gasteiger partial charge in [0.2, 0.25) is 5.88 Å². The highest BCUT2D eigenvalue weighted by atomic mass is 19.4. The fourth-order valence-electron chi connectivity index (χ4n) is 2.76. The molecular weight excluding hydrogens is 375 g/mol. The Morgan fingerprint density at radius 2 is 1.86 bits per heavy atom. The molecule has 148 valence electrons. The third kappa shape index (κ3) is 3.92. The molecule has 0 saturated carbocycles. The summed E-state index contributed by atoms with van der Waals surface area (Å²) in [7, 11) is 0. The standard InChI is InChI=1S/C19H18F3N3O3/c1-4-27-16(26)10-28-15-9-14(19(20,21)22)17-12(3)24-25(18(17)23-15)13-7-5-11(2)6-8-13/h5-9H,4,10H2,1-3H3. The van der Waals surface area contributed by atoms with Crippen LogP contribution in [-0.4, -0.2) is 33.9 Å².